The number of hydrogen-bond acceptors (Lipinski definition) is 3. The Morgan fingerprint density at radius 1 is 1.14 bits per heavy atom. The quantitative estimate of drug-likeness (QED) is 0.507. The zero-order valence-corrected chi connectivity index (χ0v) is 19.0. The molecule has 0 fully saturated rings. The van der Waals surface area contributed by atoms with Crippen LogP contribution in [0.25, 0.3) is 5.69 Å². The smallest absolute Gasteiger partial charge is 0.297 e. The molecule has 0 radical (unpaired) electrons. The van der Waals surface area contributed by atoms with E-state index in [0.717, 1.165) is 29.1 Å². The number of aryl methyl sites for hydroxylation is 1. The maximum absolute atomic E-state index is 13.2. The lowest BCUT2D eigenvalue weighted by Gasteiger charge is -2.16. The van der Waals surface area contributed by atoms with Crippen LogP contribution in [0.15, 0.2) is 45.5 Å². The molecule has 2 heterocycles. The van der Waals surface area contributed by atoms with Crippen LogP contribution in [0.2, 0.25) is 0 Å². The summed E-state index contributed by atoms with van der Waals surface area (Å²) in [6, 6.07) is 9.73. The molecule has 0 aliphatic rings. The minimum absolute atomic E-state index is 0.0770. The van der Waals surface area contributed by atoms with Crippen LogP contribution in [0.3, 0.4) is 0 Å². The summed E-state index contributed by atoms with van der Waals surface area (Å²) in [5, 5.41) is 2.14. The predicted molar refractivity (Wildman–Crippen MR) is 121 cm³/mol. The number of nitrogens with zero attached hydrogens (tertiary/aromatic N) is 4. The molecule has 0 amide bonds. The van der Waals surface area contributed by atoms with Crippen molar-refractivity contribution >= 4 is 17.0 Å². The molecule has 0 aliphatic heterocycles. The Bertz CT molecular complexity index is 1070. The van der Waals surface area contributed by atoms with Crippen molar-refractivity contribution < 1.29 is 0 Å². The van der Waals surface area contributed by atoms with Gasteiger partial charge in [-0.15, -0.1) is 11.3 Å². The third-order valence-electron chi connectivity index (χ3n) is 5.71. The molecule has 1 aromatic carbocycles. The summed E-state index contributed by atoms with van der Waals surface area (Å²) in [7, 11) is 1.91. The number of para-hydroxylation sites is 1. The summed E-state index contributed by atoms with van der Waals surface area (Å²) in [6.07, 6.45) is 4.88. The lowest BCUT2D eigenvalue weighted by Crippen LogP contribution is -2.22. The monoisotopic (exact) mass is 412 g/mol. The molecule has 0 spiro atoms. The molecular weight excluding hydrogens is 380 g/mol. The van der Waals surface area contributed by atoms with Crippen LogP contribution in [0.5, 0.6) is 0 Å². The third kappa shape index (κ3) is 4.47. The van der Waals surface area contributed by atoms with E-state index in [2.05, 4.69) is 30.7 Å². The Hall–Kier alpha value is -2.34. The Balaban J connectivity index is 2.05. The van der Waals surface area contributed by atoms with Crippen LogP contribution in [0, 0.1) is 19.8 Å². The van der Waals surface area contributed by atoms with Crippen molar-refractivity contribution in [1.29, 1.82) is 0 Å². The molecule has 5 nitrogen and oxygen atoms in total. The molecular formula is C23H32N4OS. The lowest BCUT2D eigenvalue weighted by molar-refractivity contribution is 0.383. The first kappa shape index (κ1) is 21.4. The van der Waals surface area contributed by atoms with Gasteiger partial charge in [0.2, 0.25) is 0 Å². The molecule has 1 atom stereocenters. The zero-order chi connectivity index (χ0) is 21.0. The van der Waals surface area contributed by atoms with Crippen LogP contribution in [0.1, 0.15) is 50.9 Å². The maximum atomic E-state index is 13.2. The van der Waals surface area contributed by atoms with E-state index in [-0.39, 0.29) is 5.56 Å². The second-order valence-corrected chi connectivity index (χ2v) is 8.55. The first-order valence-electron chi connectivity index (χ1n) is 10.5. The van der Waals surface area contributed by atoms with Gasteiger partial charge >= 0.3 is 0 Å². The number of thiazole rings is 1. The van der Waals surface area contributed by atoms with Crippen molar-refractivity contribution in [3.63, 3.8) is 0 Å². The molecule has 2 aromatic heterocycles. The number of hydrogen-bond donors (Lipinski definition) is 0. The number of benzene rings is 1. The largest absolute Gasteiger partial charge is 0.321 e. The van der Waals surface area contributed by atoms with E-state index in [1.165, 1.54) is 25.0 Å². The molecule has 6 heteroatoms. The predicted octanol–water partition coefficient (Wildman–Crippen LogP) is 5.10. The van der Waals surface area contributed by atoms with E-state index in [4.69, 9.17) is 4.99 Å². The summed E-state index contributed by atoms with van der Waals surface area (Å²) in [6.45, 7) is 9.55. The van der Waals surface area contributed by atoms with Gasteiger partial charge in [-0.3, -0.25) is 9.48 Å². The summed E-state index contributed by atoms with van der Waals surface area (Å²) < 4.78 is 5.86. The van der Waals surface area contributed by atoms with Crippen LogP contribution in [0.4, 0.5) is 5.69 Å². The molecule has 3 rings (SSSR count). The fourth-order valence-corrected chi connectivity index (χ4v) is 4.57. The fraction of sp³-hybridized carbons (Fsp3) is 0.478. The lowest BCUT2D eigenvalue weighted by atomic mass is 9.99. The van der Waals surface area contributed by atoms with Crippen molar-refractivity contribution in [3.05, 3.63) is 62.3 Å². The molecule has 0 aliphatic carbocycles. The van der Waals surface area contributed by atoms with Crippen LogP contribution in [-0.4, -0.2) is 13.9 Å². The Labute approximate surface area is 177 Å². The Morgan fingerprint density at radius 2 is 1.86 bits per heavy atom. The Kier molecular flexibility index (Phi) is 6.96. The summed E-state index contributed by atoms with van der Waals surface area (Å²) in [4.78, 5) is 19.0. The second kappa shape index (κ2) is 9.44. The number of aromatic nitrogens is 3. The first-order valence-corrected chi connectivity index (χ1v) is 11.4. The van der Waals surface area contributed by atoms with Crippen molar-refractivity contribution in [2.24, 2.45) is 18.0 Å². The van der Waals surface area contributed by atoms with Gasteiger partial charge < -0.3 is 4.57 Å². The molecule has 0 saturated carbocycles. The van der Waals surface area contributed by atoms with E-state index >= 15 is 0 Å². The van der Waals surface area contributed by atoms with Crippen molar-refractivity contribution in [1.82, 2.24) is 13.9 Å². The summed E-state index contributed by atoms with van der Waals surface area (Å²) >= 11 is 1.61. The highest BCUT2D eigenvalue weighted by Crippen LogP contribution is 2.18. The molecule has 0 N–H and O–H groups in total. The van der Waals surface area contributed by atoms with Gasteiger partial charge in [0.15, 0.2) is 10.5 Å². The van der Waals surface area contributed by atoms with Crippen LogP contribution in [-0.2, 0) is 13.6 Å². The van der Waals surface area contributed by atoms with E-state index in [1.54, 1.807) is 16.0 Å². The average Bonchev–Trinajstić information content (AvgIpc) is 3.17. The van der Waals surface area contributed by atoms with Gasteiger partial charge in [0.1, 0.15) is 0 Å². The minimum atomic E-state index is -0.0770. The molecule has 156 valence electrons. The van der Waals surface area contributed by atoms with Crippen LogP contribution < -0.4 is 10.4 Å². The van der Waals surface area contributed by atoms with Crippen molar-refractivity contribution in [2.45, 2.75) is 59.9 Å². The second-order valence-electron chi connectivity index (χ2n) is 7.71. The van der Waals surface area contributed by atoms with Gasteiger partial charge in [0.05, 0.1) is 11.4 Å². The highest BCUT2D eigenvalue weighted by molar-refractivity contribution is 7.07. The van der Waals surface area contributed by atoms with E-state index in [9.17, 15) is 4.79 Å². The van der Waals surface area contributed by atoms with Gasteiger partial charge in [-0.25, -0.2) is 9.67 Å². The minimum Gasteiger partial charge on any atom is -0.321 e. The number of unbranched alkanes of at least 4 members (excludes halogenated alkanes) is 1. The number of rotatable bonds is 8. The van der Waals surface area contributed by atoms with Crippen molar-refractivity contribution in [2.75, 3.05) is 0 Å². The average molecular weight is 413 g/mol. The van der Waals surface area contributed by atoms with Gasteiger partial charge in [-0.05, 0) is 38.3 Å². The normalized spacial score (nSPS) is 13.2. The fourth-order valence-electron chi connectivity index (χ4n) is 3.68. The molecule has 3 aromatic rings. The van der Waals surface area contributed by atoms with E-state index < -0.39 is 0 Å². The van der Waals surface area contributed by atoms with E-state index in [1.807, 2.05) is 49.0 Å². The summed E-state index contributed by atoms with van der Waals surface area (Å²) in [5.74, 6) is 0.639. The van der Waals surface area contributed by atoms with Crippen molar-refractivity contribution in [3.8, 4) is 5.69 Å². The SMILES string of the molecule is CCCCC(CC)Cn1c(C)csc1=Nc1c(C)n(C)n(-c2ccccc2)c1=O. The summed E-state index contributed by atoms with van der Waals surface area (Å²) in [5.41, 5.74) is 3.38. The first-order chi connectivity index (χ1) is 14.0. The zero-order valence-electron chi connectivity index (χ0n) is 18.2. The highest BCUT2D eigenvalue weighted by Gasteiger charge is 2.17. The highest BCUT2D eigenvalue weighted by atomic mass is 32.1. The van der Waals surface area contributed by atoms with Crippen LogP contribution >= 0.6 is 11.3 Å². The molecule has 0 bridgehead atoms. The standard InChI is InChI=1S/C23H32N4OS/c1-6-8-12-19(7-2)15-26-17(3)16-29-23(26)24-21-18(4)25(5)27(22(21)28)20-13-10-9-11-14-20/h9-11,13-14,16,19H,6-8,12,15H2,1-5H3. The van der Waals surface area contributed by atoms with Gasteiger partial charge in [0.25, 0.3) is 5.56 Å². The van der Waals surface area contributed by atoms with Gasteiger partial charge in [0, 0.05) is 24.7 Å². The molecule has 0 saturated heterocycles. The molecule has 29 heavy (non-hydrogen) atoms. The van der Waals surface area contributed by atoms with Gasteiger partial charge in [-0.2, -0.15) is 0 Å². The third-order valence-corrected chi connectivity index (χ3v) is 6.69. The maximum Gasteiger partial charge on any atom is 0.297 e. The topological polar surface area (TPSA) is 44.2 Å². The molecule has 1 unspecified atom stereocenters. The van der Waals surface area contributed by atoms with Gasteiger partial charge in [-0.1, -0.05) is 51.3 Å². The Morgan fingerprint density at radius 3 is 2.52 bits per heavy atom. The van der Waals surface area contributed by atoms with E-state index in [0.29, 0.717) is 11.6 Å².